The maximum absolute atomic E-state index is 12.6. The van der Waals surface area contributed by atoms with Crippen LogP contribution in [0, 0.1) is 0 Å². The number of piperazine rings is 1. The van der Waals surface area contributed by atoms with Crippen molar-refractivity contribution in [2.24, 2.45) is 0 Å². The number of anilines is 1. The van der Waals surface area contributed by atoms with Gasteiger partial charge in [0.1, 0.15) is 5.82 Å². The van der Waals surface area contributed by atoms with E-state index in [4.69, 9.17) is 4.74 Å². The lowest BCUT2D eigenvalue weighted by molar-refractivity contribution is 0.0933. The van der Waals surface area contributed by atoms with Crippen LogP contribution in [0.3, 0.4) is 0 Å². The number of aromatic nitrogens is 1. The number of amides is 2. The van der Waals surface area contributed by atoms with E-state index >= 15 is 0 Å². The van der Waals surface area contributed by atoms with Crippen molar-refractivity contribution in [1.29, 1.82) is 0 Å². The van der Waals surface area contributed by atoms with Crippen LogP contribution >= 0.6 is 0 Å². The SMILES string of the molecule is CCOC(=O)N1CCN(c2cc(C(=O)NC3CCCCCC3)ccn2)CC1. The van der Waals surface area contributed by atoms with E-state index in [1.165, 1.54) is 25.7 Å². The number of hydrogen-bond donors (Lipinski definition) is 1. The van der Waals surface area contributed by atoms with Gasteiger partial charge in [-0.3, -0.25) is 4.79 Å². The molecule has 1 aliphatic heterocycles. The molecule has 0 atom stereocenters. The molecule has 148 valence electrons. The van der Waals surface area contributed by atoms with E-state index < -0.39 is 0 Å². The van der Waals surface area contributed by atoms with Gasteiger partial charge in [-0.1, -0.05) is 25.7 Å². The first kappa shape index (κ1) is 19.5. The second-order valence-electron chi connectivity index (χ2n) is 7.24. The molecule has 0 bridgehead atoms. The van der Waals surface area contributed by atoms with Crippen LogP contribution in [0.25, 0.3) is 0 Å². The van der Waals surface area contributed by atoms with Crippen LogP contribution in [0.15, 0.2) is 18.3 Å². The number of nitrogens with zero attached hydrogens (tertiary/aromatic N) is 3. The van der Waals surface area contributed by atoms with Crippen molar-refractivity contribution in [3.05, 3.63) is 23.9 Å². The molecular weight excluding hydrogens is 344 g/mol. The van der Waals surface area contributed by atoms with E-state index in [1.807, 2.05) is 13.0 Å². The Hall–Kier alpha value is -2.31. The largest absolute Gasteiger partial charge is 0.450 e. The zero-order valence-corrected chi connectivity index (χ0v) is 16.2. The normalized spacial score (nSPS) is 18.7. The van der Waals surface area contributed by atoms with E-state index in [9.17, 15) is 9.59 Å². The van der Waals surface area contributed by atoms with E-state index in [-0.39, 0.29) is 18.0 Å². The molecule has 0 spiro atoms. The summed E-state index contributed by atoms with van der Waals surface area (Å²) in [6.07, 6.45) is 8.48. The first-order chi connectivity index (χ1) is 13.2. The summed E-state index contributed by atoms with van der Waals surface area (Å²) in [7, 11) is 0. The Morgan fingerprint density at radius 2 is 1.85 bits per heavy atom. The van der Waals surface area contributed by atoms with E-state index in [0.717, 1.165) is 18.7 Å². The van der Waals surface area contributed by atoms with Gasteiger partial charge in [0.15, 0.2) is 0 Å². The fourth-order valence-electron chi connectivity index (χ4n) is 3.76. The van der Waals surface area contributed by atoms with Crippen LogP contribution in [-0.4, -0.2) is 60.7 Å². The minimum Gasteiger partial charge on any atom is -0.450 e. The molecular formula is C20H30N4O3. The average Bonchev–Trinajstić information content (AvgIpc) is 2.97. The first-order valence-corrected chi connectivity index (χ1v) is 10.1. The number of carbonyl (C=O) groups is 2. The standard InChI is InChI=1S/C20H30N4O3/c1-2-27-20(26)24-13-11-23(12-14-24)18-15-16(9-10-21-18)19(25)22-17-7-5-3-4-6-8-17/h9-10,15,17H,2-8,11-14H2,1H3,(H,22,25). The summed E-state index contributed by atoms with van der Waals surface area (Å²) < 4.78 is 5.05. The predicted octanol–water partition coefficient (Wildman–Crippen LogP) is 2.81. The molecule has 0 unspecified atom stereocenters. The van der Waals surface area contributed by atoms with Gasteiger partial charge < -0.3 is 19.9 Å². The maximum Gasteiger partial charge on any atom is 0.409 e. The van der Waals surface area contributed by atoms with Crippen molar-refractivity contribution in [2.75, 3.05) is 37.7 Å². The molecule has 2 heterocycles. The number of nitrogens with one attached hydrogen (secondary N) is 1. The molecule has 0 aromatic carbocycles. The molecule has 2 aliphatic rings. The molecule has 1 aliphatic carbocycles. The molecule has 0 radical (unpaired) electrons. The first-order valence-electron chi connectivity index (χ1n) is 10.1. The topological polar surface area (TPSA) is 74.8 Å². The van der Waals surface area contributed by atoms with Crippen LogP contribution < -0.4 is 10.2 Å². The summed E-state index contributed by atoms with van der Waals surface area (Å²) in [4.78, 5) is 32.7. The second-order valence-corrected chi connectivity index (χ2v) is 7.24. The fraction of sp³-hybridized carbons (Fsp3) is 0.650. The second kappa shape index (κ2) is 9.58. The van der Waals surface area contributed by atoms with Gasteiger partial charge in [-0.25, -0.2) is 9.78 Å². The monoisotopic (exact) mass is 374 g/mol. The van der Waals surface area contributed by atoms with Crippen molar-refractivity contribution in [3.63, 3.8) is 0 Å². The molecule has 7 nitrogen and oxygen atoms in total. The number of pyridine rings is 1. The van der Waals surface area contributed by atoms with Crippen LogP contribution in [0.5, 0.6) is 0 Å². The third kappa shape index (κ3) is 5.34. The lowest BCUT2D eigenvalue weighted by Gasteiger charge is -2.34. The van der Waals surface area contributed by atoms with Crippen LogP contribution in [0.4, 0.5) is 10.6 Å². The Bertz CT molecular complexity index is 636. The summed E-state index contributed by atoms with van der Waals surface area (Å²) in [6.45, 7) is 4.75. The number of hydrogen-bond acceptors (Lipinski definition) is 5. The molecule has 7 heteroatoms. The Labute approximate surface area is 161 Å². The molecule has 2 fully saturated rings. The van der Waals surface area contributed by atoms with Gasteiger partial charge in [-0.2, -0.15) is 0 Å². The quantitative estimate of drug-likeness (QED) is 0.821. The summed E-state index contributed by atoms with van der Waals surface area (Å²) in [5.41, 5.74) is 0.650. The highest BCUT2D eigenvalue weighted by Gasteiger charge is 2.23. The van der Waals surface area contributed by atoms with Crippen molar-refractivity contribution in [1.82, 2.24) is 15.2 Å². The highest BCUT2D eigenvalue weighted by Crippen LogP contribution is 2.19. The van der Waals surface area contributed by atoms with Crippen LogP contribution in [0.1, 0.15) is 55.8 Å². The maximum atomic E-state index is 12.6. The highest BCUT2D eigenvalue weighted by atomic mass is 16.6. The van der Waals surface area contributed by atoms with Crippen LogP contribution in [-0.2, 0) is 4.74 Å². The number of rotatable bonds is 4. The Balaban J connectivity index is 1.57. The summed E-state index contributed by atoms with van der Waals surface area (Å²) in [6, 6.07) is 3.90. The zero-order valence-electron chi connectivity index (χ0n) is 16.2. The van der Waals surface area contributed by atoms with Gasteiger partial charge in [0.25, 0.3) is 5.91 Å². The highest BCUT2D eigenvalue weighted by molar-refractivity contribution is 5.95. The molecule has 27 heavy (non-hydrogen) atoms. The third-order valence-electron chi connectivity index (χ3n) is 5.33. The van der Waals surface area contributed by atoms with Crippen molar-refractivity contribution in [2.45, 2.75) is 51.5 Å². The minimum absolute atomic E-state index is 0.0179. The number of ether oxygens (including phenoxy) is 1. The smallest absolute Gasteiger partial charge is 0.409 e. The molecule has 1 aromatic heterocycles. The summed E-state index contributed by atoms with van der Waals surface area (Å²) in [5, 5.41) is 3.19. The van der Waals surface area contributed by atoms with Crippen molar-refractivity contribution < 1.29 is 14.3 Å². The van der Waals surface area contributed by atoms with E-state index in [0.29, 0.717) is 38.3 Å². The van der Waals surface area contributed by atoms with Gasteiger partial charge in [0, 0.05) is 44.0 Å². The van der Waals surface area contributed by atoms with Crippen molar-refractivity contribution >= 4 is 17.8 Å². The van der Waals surface area contributed by atoms with E-state index in [1.54, 1.807) is 17.2 Å². The molecule has 1 N–H and O–H groups in total. The third-order valence-corrected chi connectivity index (χ3v) is 5.33. The number of carbonyl (C=O) groups excluding carboxylic acids is 2. The fourth-order valence-corrected chi connectivity index (χ4v) is 3.76. The Morgan fingerprint density at radius 1 is 1.15 bits per heavy atom. The van der Waals surface area contributed by atoms with E-state index in [2.05, 4.69) is 15.2 Å². The van der Waals surface area contributed by atoms with Gasteiger partial charge in [0.05, 0.1) is 6.61 Å². The summed E-state index contributed by atoms with van der Waals surface area (Å²) in [5.74, 6) is 0.766. The zero-order chi connectivity index (χ0) is 19.1. The predicted molar refractivity (Wildman–Crippen MR) is 104 cm³/mol. The average molecular weight is 374 g/mol. The molecule has 1 saturated heterocycles. The van der Waals surface area contributed by atoms with Gasteiger partial charge in [-0.05, 0) is 31.9 Å². The molecule has 1 saturated carbocycles. The summed E-state index contributed by atoms with van der Waals surface area (Å²) >= 11 is 0. The Morgan fingerprint density at radius 3 is 2.52 bits per heavy atom. The van der Waals surface area contributed by atoms with Gasteiger partial charge >= 0.3 is 6.09 Å². The van der Waals surface area contributed by atoms with Gasteiger partial charge in [-0.15, -0.1) is 0 Å². The lowest BCUT2D eigenvalue weighted by atomic mass is 10.1. The van der Waals surface area contributed by atoms with Gasteiger partial charge in [0.2, 0.25) is 0 Å². The minimum atomic E-state index is -0.262. The molecule has 1 aromatic rings. The molecule has 2 amide bonds. The lowest BCUT2D eigenvalue weighted by Crippen LogP contribution is -2.49. The van der Waals surface area contributed by atoms with Crippen molar-refractivity contribution in [3.8, 4) is 0 Å². The van der Waals surface area contributed by atoms with Crippen LogP contribution in [0.2, 0.25) is 0 Å². The Kier molecular flexibility index (Phi) is 6.90. The molecule has 3 rings (SSSR count).